The summed E-state index contributed by atoms with van der Waals surface area (Å²) in [6.45, 7) is 19.7. The van der Waals surface area contributed by atoms with Gasteiger partial charge in [-0.2, -0.15) is 0 Å². The van der Waals surface area contributed by atoms with E-state index in [0.717, 1.165) is 50.4 Å². The zero-order valence-corrected chi connectivity index (χ0v) is 41.5. The molecule has 0 aromatic heterocycles. The first-order valence-corrected chi connectivity index (χ1v) is 25.1. The molecule has 8 unspecified atom stereocenters. The van der Waals surface area contributed by atoms with Crippen molar-refractivity contribution < 1.29 is 67.0 Å². The Morgan fingerprint density at radius 2 is 1.23 bits per heavy atom. The normalized spacial score (nSPS) is 39.4. The van der Waals surface area contributed by atoms with Gasteiger partial charge in [0.05, 0.1) is 35.5 Å². The van der Waals surface area contributed by atoms with Crippen molar-refractivity contribution in [2.24, 2.45) is 63.6 Å². The molecule has 8 saturated carbocycles. The molecular weight excluding hydrogens is 851 g/mol. The summed E-state index contributed by atoms with van der Waals surface area (Å²) in [6, 6.07) is 0. The van der Waals surface area contributed by atoms with Crippen molar-refractivity contribution >= 4 is 35.9 Å². The SMILES string of the molecule is CCC(C)(C)C(=O)OC1(C)C2CC3CC(C2)CC1C3.CCC(C)(C)C(=O)OC12CC3CC(CC(O)(C3)C1)C2.CCC(C)(C)C(=O)OCCNC(=O)OC1C2OC(=O)C3C2OC1C3C(=O)OC. The molecule has 11 fully saturated rings. The summed E-state index contributed by atoms with van der Waals surface area (Å²) < 4.78 is 38.2. The van der Waals surface area contributed by atoms with E-state index in [-0.39, 0.29) is 47.7 Å². The van der Waals surface area contributed by atoms with Crippen molar-refractivity contribution in [3.05, 3.63) is 0 Å². The molecule has 0 spiro atoms. The summed E-state index contributed by atoms with van der Waals surface area (Å²) in [6.07, 6.45) is 10.7. The largest absolute Gasteiger partial charge is 0.469 e. The third-order valence-corrected chi connectivity index (χ3v) is 17.9. The summed E-state index contributed by atoms with van der Waals surface area (Å²) in [5, 5.41) is 13.1. The fraction of sp³-hybridized carbons (Fsp3) is 0.882. The molecule has 15 nitrogen and oxygen atoms in total. The second-order valence-electron chi connectivity index (χ2n) is 23.8. The molecule has 11 aliphatic rings. The van der Waals surface area contributed by atoms with E-state index in [1.807, 2.05) is 41.5 Å². The van der Waals surface area contributed by atoms with Gasteiger partial charge in [-0.05, 0) is 167 Å². The zero-order valence-electron chi connectivity index (χ0n) is 41.5. The number of methoxy groups -OCH3 is 1. The van der Waals surface area contributed by atoms with Gasteiger partial charge in [-0.1, -0.05) is 20.8 Å². The summed E-state index contributed by atoms with van der Waals surface area (Å²) >= 11 is 0. The lowest BCUT2D eigenvalue weighted by molar-refractivity contribution is -0.225. The Labute approximate surface area is 391 Å². The number of carbonyl (C=O) groups excluding carboxylic acids is 6. The Hall–Kier alpha value is -3.46. The van der Waals surface area contributed by atoms with Gasteiger partial charge in [0.25, 0.3) is 0 Å². The van der Waals surface area contributed by atoms with Gasteiger partial charge in [0.2, 0.25) is 0 Å². The molecule has 372 valence electrons. The minimum Gasteiger partial charge on any atom is -0.469 e. The van der Waals surface area contributed by atoms with Crippen LogP contribution in [0.2, 0.25) is 0 Å². The van der Waals surface area contributed by atoms with E-state index < -0.39 is 70.7 Å². The second-order valence-corrected chi connectivity index (χ2v) is 23.8. The second kappa shape index (κ2) is 18.5. The van der Waals surface area contributed by atoms with Crippen LogP contribution in [0.3, 0.4) is 0 Å². The molecular formula is C51H79NO14. The molecule has 11 rings (SSSR count). The Balaban J connectivity index is 0.000000151. The van der Waals surface area contributed by atoms with Gasteiger partial charge >= 0.3 is 35.9 Å². The molecule has 8 atom stereocenters. The van der Waals surface area contributed by atoms with Gasteiger partial charge < -0.3 is 43.6 Å². The van der Waals surface area contributed by atoms with Crippen LogP contribution < -0.4 is 5.32 Å². The van der Waals surface area contributed by atoms with E-state index in [2.05, 4.69) is 19.2 Å². The molecule has 15 heteroatoms. The molecule has 3 heterocycles. The minimum absolute atomic E-state index is 0.00411. The number of aliphatic hydroxyl groups is 1. The number of nitrogens with one attached hydrogen (secondary N) is 1. The molecule has 0 radical (unpaired) electrons. The topological polar surface area (TPSA) is 199 Å². The van der Waals surface area contributed by atoms with Crippen LogP contribution in [0.1, 0.15) is 159 Å². The molecule has 0 aromatic rings. The smallest absolute Gasteiger partial charge is 0.407 e. The maximum absolute atomic E-state index is 12.5. The highest BCUT2D eigenvalue weighted by atomic mass is 16.7. The first-order chi connectivity index (χ1) is 30.8. The van der Waals surface area contributed by atoms with E-state index in [9.17, 15) is 33.9 Å². The van der Waals surface area contributed by atoms with Gasteiger partial charge in [-0.25, -0.2) is 4.79 Å². The Kier molecular flexibility index (Phi) is 14.1. The molecule has 1 amide bonds. The van der Waals surface area contributed by atoms with Crippen molar-refractivity contribution in [2.75, 3.05) is 20.3 Å². The number of ether oxygens (including phenoxy) is 7. The third kappa shape index (κ3) is 9.73. The first-order valence-electron chi connectivity index (χ1n) is 25.1. The van der Waals surface area contributed by atoms with Gasteiger partial charge in [0.15, 0.2) is 12.2 Å². The summed E-state index contributed by atoms with van der Waals surface area (Å²) in [7, 11) is 1.22. The van der Waals surface area contributed by atoms with Crippen LogP contribution >= 0.6 is 0 Å². The predicted octanol–water partition coefficient (Wildman–Crippen LogP) is 7.40. The minimum atomic E-state index is -0.904. The third-order valence-electron chi connectivity index (χ3n) is 17.9. The summed E-state index contributed by atoms with van der Waals surface area (Å²) in [4.78, 5) is 72.9. The molecule has 2 N–H and O–H groups in total. The fourth-order valence-corrected chi connectivity index (χ4v) is 13.2. The van der Waals surface area contributed by atoms with E-state index in [0.29, 0.717) is 36.5 Å². The highest BCUT2D eigenvalue weighted by molar-refractivity contribution is 5.87. The molecule has 10 bridgehead atoms. The van der Waals surface area contributed by atoms with Crippen molar-refractivity contribution in [1.82, 2.24) is 5.32 Å². The number of fused-ring (bicyclic) bond motifs is 1. The van der Waals surface area contributed by atoms with Crippen molar-refractivity contribution in [2.45, 2.75) is 200 Å². The average Bonchev–Trinajstić information content (AvgIpc) is 3.87. The van der Waals surface area contributed by atoms with Crippen molar-refractivity contribution in [1.29, 1.82) is 0 Å². The number of hydrogen-bond acceptors (Lipinski definition) is 14. The molecule has 66 heavy (non-hydrogen) atoms. The maximum atomic E-state index is 12.5. The van der Waals surface area contributed by atoms with Crippen molar-refractivity contribution in [3.63, 3.8) is 0 Å². The Morgan fingerprint density at radius 3 is 1.74 bits per heavy atom. The van der Waals surface area contributed by atoms with Crippen molar-refractivity contribution in [3.8, 4) is 0 Å². The molecule has 8 aliphatic carbocycles. The first kappa shape index (κ1) is 50.4. The average molecular weight is 930 g/mol. The number of carbonyl (C=O) groups is 6. The van der Waals surface area contributed by atoms with Crippen LogP contribution in [0.25, 0.3) is 0 Å². The van der Waals surface area contributed by atoms with Crippen LogP contribution in [0.5, 0.6) is 0 Å². The number of amides is 1. The number of hydrogen-bond donors (Lipinski definition) is 2. The molecule has 0 aromatic carbocycles. The summed E-state index contributed by atoms with van der Waals surface area (Å²) in [5.41, 5.74) is -2.42. The Bertz CT molecular complexity index is 1830. The van der Waals surface area contributed by atoms with E-state index in [4.69, 9.17) is 33.2 Å². The van der Waals surface area contributed by atoms with Crippen LogP contribution in [0.15, 0.2) is 0 Å². The van der Waals surface area contributed by atoms with E-state index in [1.165, 1.54) is 45.6 Å². The predicted molar refractivity (Wildman–Crippen MR) is 239 cm³/mol. The summed E-state index contributed by atoms with van der Waals surface area (Å²) in [5.74, 6) is 1.05. The van der Waals surface area contributed by atoms with E-state index >= 15 is 0 Å². The van der Waals surface area contributed by atoms with Crippen LogP contribution in [-0.2, 0) is 57.1 Å². The monoisotopic (exact) mass is 930 g/mol. The van der Waals surface area contributed by atoms with E-state index in [1.54, 1.807) is 13.8 Å². The zero-order chi connectivity index (χ0) is 48.4. The van der Waals surface area contributed by atoms with Crippen LogP contribution in [-0.4, -0.2) is 103 Å². The molecule has 3 saturated heterocycles. The van der Waals surface area contributed by atoms with Crippen LogP contribution in [0, 0.1) is 63.6 Å². The number of rotatable bonds is 13. The maximum Gasteiger partial charge on any atom is 0.407 e. The molecule has 3 aliphatic heterocycles. The van der Waals surface area contributed by atoms with Gasteiger partial charge in [0, 0.05) is 6.42 Å². The number of esters is 5. The fourth-order valence-electron chi connectivity index (χ4n) is 13.2. The highest BCUT2D eigenvalue weighted by Crippen LogP contribution is 2.61. The standard InChI is InChI=1S/C18H25NO9.C17H28O2.C16H26O3/c1-5-18(2,3)16(22)25-7-6-19-17(23)28-13-10-8(14(20)24-4)9-11(26-10)12(13)27-15(9)21;1-5-16(2,3)15(18)19-17(4)13-7-11-6-12(9-13)10-14(17)8-11;1-4-14(2,3)13(17)19-16-8-11-5-12(9-16)7-15(18,6-11)10-16/h8-13H,5-7H2,1-4H3,(H,19,23);11-14H,5-10H2,1-4H3;11-12,18H,4-10H2,1-3H3. The number of alkyl carbamates (subject to hydrolysis) is 1. The van der Waals surface area contributed by atoms with Gasteiger partial charge in [-0.3, -0.25) is 24.0 Å². The Morgan fingerprint density at radius 1 is 0.712 bits per heavy atom. The lowest BCUT2D eigenvalue weighted by atomic mass is 9.50. The lowest BCUT2D eigenvalue weighted by Crippen LogP contribution is -2.61. The quantitative estimate of drug-likeness (QED) is 0.105. The highest BCUT2D eigenvalue weighted by Gasteiger charge is 2.72. The lowest BCUT2D eigenvalue weighted by Gasteiger charge is -2.59. The van der Waals surface area contributed by atoms with Gasteiger partial charge in [-0.15, -0.1) is 0 Å². The van der Waals surface area contributed by atoms with Crippen LogP contribution in [0.4, 0.5) is 4.79 Å². The van der Waals surface area contributed by atoms with Gasteiger partial charge in [0.1, 0.15) is 41.9 Å².